The number of halogens is 1. The first-order chi connectivity index (χ1) is 9.49. The molecule has 1 aromatic rings. The van der Waals surface area contributed by atoms with Crippen LogP contribution in [0.15, 0.2) is 18.2 Å². The van der Waals surface area contributed by atoms with Gasteiger partial charge in [-0.25, -0.2) is 0 Å². The molecule has 1 aromatic carbocycles. The fourth-order valence-corrected chi connectivity index (χ4v) is 2.56. The second-order valence-electron chi connectivity index (χ2n) is 5.21. The van der Waals surface area contributed by atoms with Gasteiger partial charge >= 0.3 is 0 Å². The number of hydrogen-bond acceptors (Lipinski definition) is 4. The molecule has 1 unspecified atom stereocenters. The standard InChI is InChI=1S/C14H20ClN3O2/c1-17(2)14(20)12-8-16-5-6-18(12)9-10-3-4-13(19)11(15)7-10/h3-4,7,12,16,19H,5-6,8-9H2,1-2H3. The van der Waals surface area contributed by atoms with Crippen molar-refractivity contribution in [2.75, 3.05) is 33.7 Å². The van der Waals surface area contributed by atoms with Crippen molar-refractivity contribution in [2.45, 2.75) is 12.6 Å². The zero-order chi connectivity index (χ0) is 14.7. The quantitative estimate of drug-likeness (QED) is 0.871. The van der Waals surface area contributed by atoms with Crippen molar-refractivity contribution in [3.8, 4) is 5.75 Å². The molecule has 20 heavy (non-hydrogen) atoms. The number of aromatic hydroxyl groups is 1. The number of phenols is 1. The third-order valence-corrected chi connectivity index (χ3v) is 3.78. The fraction of sp³-hybridized carbons (Fsp3) is 0.500. The lowest BCUT2D eigenvalue weighted by molar-refractivity contribution is -0.135. The summed E-state index contributed by atoms with van der Waals surface area (Å²) in [5, 5.41) is 13.0. The number of benzene rings is 1. The van der Waals surface area contributed by atoms with E-state index >= 15 is 0 Å². The fourth-order valence-electron chi connectivity index (χ4n) is 2.36. The van der Waals surface area contributed by atoms with Gasteiger partial charge in [-0.1, -0.05) is 17.7 Å². The third-order valence-electron chi connectivity index (χ3n) is 3.48. The molecule has 110 valence electrons. The predicted octanol–water partition coefficient (Wildman–Crippen LogP) is 0.908. The molecule has 0 bridgehead atoms. The molecule has 5 nitrogen and oxygen atoms in total. The van der Waals surface area contributed by atoms with Crippen molar-refractivity contribution in [1.82, 2.24) is 15.1 Å². The minimum Gasteiger partial charge on any atom is -0.506 e. The Morgan fingerprint density at radius 2 is 2.30 bits per heavy atom. The van der Waals surface area contributed by atoms with E-state index in [9.17, 15) is 9.90 Å². The van der Waals surface area contributed by atoms with Crippen LogP contribution in [0.4, 0.5) is 0 Å². The van der Waals surface area contributed by atoms with E-state index < -0.39 is 0 Å². The summed E-state index contributed by atoms with van der Waals surface area (Å²) in [6.45, 7) is 2.97. The Morgan fingerprint density at radius 3 is 2.95 bits per heavy atom. The average Bonchev–Trinajstić information content (AvgIpc) is 2.42. The Labute approximate surface area is 124 Å². The van der Waals surface area contributed by atoms with E-state index in [0.29, 0.717) is 18.1 Å². The molecule has 1 heterocycles. The van der Waals surface area contributed by atoms with E-state index in [1.165, 1.54) is 0 Å². The maximum absolute atomic E-state index is 12.2. The Morgan fingerprint density at radius 1 is 1.55 bits per heavy atom. The highest BCUT2D eigenvalue weighted by Crippen LogP contribution is 2.24. The highest BCUT2D eigenvalue weighted by atomic mass is 35.5. The van der Waals surface area contributed by atoms with Gasteiger partial charge in [-0.2, -0.15) is 0 Å². The maximum atomic E-state index is 12.2. The molecule has 0 radical (unpaired) electrons. The topological polar surface area (TPSA) is 55.8 Å². The molecule has 1 saturated heterocycles. The first-order valence-electron chi connectivity index (χ1n) is 6.62. The Kier molecular flexibility index (Phi) is 4.86. The summed E-state index contributed by atoms with van der Waals surface area (Å²) in [7, 11) is 3.54. The molecule has 1 aliphatic heterocycles. The lowest BCUT2D eigenvalue weighted by Crippen LogP contribution is -2.57. The summed E-state index contributed by atoms with van der Waals surface area (Å²) in [5.41, 5.74) is 0.992. The number of hydrogen-bond donors (Lipinski definition) is 2. The minimum atomic E-state index is -0.161. The van der Waals surface area contributed by atoms with Crippen LogP contribution in [0, 0.1) is 0 Å². The van der Waals surface area contributed by atoms with Crippen LogP contribution in [-0.2, 0) is 11.3 Å². The molecule has 1 aliphatic rings. The highest BCUT2D eigenvalue weighted by molar-refractivity contribution is 6.32. The van der Waals surface area contributed by atoms with Crippen LogP contribution in [0.5, 0.6) is 5.75 Å². The Bertz CT molecular complexity index is 493. The molecule has 0 aliphatic carbocycles. The molecule has 1 fully saturated rings. The summed E-state index contributed by atoms with van der Waals surface area (Å²) in [5.74, 6) is 0.179. The van der Waals surface area contributed by atoms with Gasteiger partial charge in [0.15, 0.2) is 0 Å². The van der Waals surface area contributed by atoms with Gasteiger partial charge in [0, 0.05) is 40.3 Å². The summed E-state index contributed by atoms with van der Waals surface area (Å²) < 4.78 is 0. The van der Waals surface area contributed by atoms with Gasteiger partial charge < -0.3 is 15.3 Å². The number of rotatable bonds is 3. The predicted molar refractivity (Wildman–Crippen MR) is 78.9 cm³/mol. The molecular formula is C14H20ClN3O2. The summed E-state index contributed by atoms with van der Waals surface area (Å²) in [4.78, 5) is 16.0. The summed E-state index contributed by atoms with van der Waals surface area (Å²) in [6, 6.07) is 5.01. The van der Waals surface area contributed by atoms with Crippen molar-refractivity contribution in [3.63, 3.8) is 0 Å². The van der Waals surface area contributed by atoms with Gasteiger partial charge in [-0.3, -0.25) is 9.69 Å². The van der Waals surface area contributed by atoms with Crippen molar-refractivity contribution in [3.05, 3.63) is 28.8 Å². The normalized spacial score (nSPS) is 19.9. The van der Waals surface area contributed by atoms with E-state index in [1.54, 1.807) is 31.1 Å². The van der Waals surface area contributed by atoms with Gasteiger partial charge in [0.2, 0.25) is 5.91 Å². The van der Waals surface area contributed by atoms with Crippen LogP contribution in [0.2, 0.25) is 5.02 Å². The largest absolute Gasteiger partial charge is 0.506 e. The van der Waals surface area contributed by atoms with Gasteiger partial charge in [0.25, 0.3) is 0 Å². The van der Waals surface area contributed by atoms with Crippen molar-refractivity contribution >= 4 is 17.5 Å². The molecular weight excluding hydrogens is 278 g/mol. The zero-order valence-electron chi connectivity index (χ0n) is 11.8. The number of carbonyl (C=O) groups is 1. The Balaban J connectivity index is 2.12. The average molecular weight is 298 g/mol. The van der Waals surface area contributed by atoms with Crippen LogP contribution < -0.4 is 5.32 Å². The van der Waals surface area contributed by atoms with Crippen LogP contribution in [0.25, 0.3) is 0 Å². The monoisotopic (exact) mass is 297 g/mol. The number of nitrogens with zero attached hydrogens (tertiary/aromatic N) is 2. The lowest BCUT2D eigenvalue weighted by atomic mass is 10.1. The van der Waals surface area contributed by atoms with Gasteiger partial charge in [-0.05, 0) is 17.7 Å². The molecule has 6 heteroatoms. The zero-order valence-corrected chi connectivity index (χ0v) is 12.5. The van der Waals surface area contributed by atoms with E-state index in [4.69, 9.17) is 11.6 Å². The van der Waals surface area contributed by atoms with Crippen molar-refractivity contribution in [1.29, 1.82) is 0 Å². The SMILES string of the molecule is CN(C)C(=O)C1CNCCN1Cc1ccc(O)c(Cl)c1. The number of piperazine rings is 1. The smallest absolute Gasteiger partial charge is 0.240 e. The minimum absolute atomic E-state index is 0.0802. The molecule has 1 amide bonds. The second-order valence-corrected chi connectivity index (χ2v) is 5.62. The summed E-state index contributed by atoms with van der Waals surface area (Å²) >= 11 is 5.92. The van der Waals surface area contributed by atoms with Crippen molar-refractivity contribution in [2.24, 2.45) is 0 Å². The van der Waals surface area contributed by atoms with Crippen molar-refractivity contribution < 1.29 is 9.90 Å². The molecule has 2 N–H and O–H groups in total. The van der Waals surface area contributed by atoms with Gasteiger partial charge in [-0.15, -0.1) is 0 Å². The second kappa shape index (κ2) is 6.43. The molecule has 2 rings (SSSR count). The molecule has 0 saturated carbocycles. The van der Waals surface area contributed by atoms with Gasteiger partial charge in [0.05, 0.1) is 5.02 Å². The van der Waals surface area contributed by atoms with E-state index in [2.05, 4.69) is 10.2 Å². The molecule has 0 spiro atoms. The third kappa shape index (κ3) is 3.42. The number of amides is 1. The number of nitrogens with one attached hydrogen (secondary N) is 1. The summed E-state index contributed by atoms with van der Waals surface area (Å²) in [6.07, 6.45) is 0. The van der Waals surface area contributed by atoms with Crippen LogP contribution in [-0.4, -0.2) is 60.6 Å². The van der Waals surface area contributed by atoms with Crippen LogP contribution in [0.3, 0.4) is 0 Å². The first kappa shape index (κ1) is 15.1. The molecule has 0 aromatic heterocycles. The van der Waals surface area contributed by atoms with E-state index in [1.807, 2.05) is 6.07 Å². The number of likely N-dealkylation sites (N-methyl/N-ethyl adjacent to an activating group) is 1. The first-order valence-corrected chi connectivity index (χ1v) is 7.00. The van der Waals surface area contributed by atoms with E-state index in [-0.39, 0.29) is 17.7 Å². The van der Waals surface area contributed by atoms with E-state index in [0.717, 1.165) is 18.7 Å². The number of carbonyl (C=O) groups excluding carboxylic acids is 1. The Hall–Kier alpha value is -1.30. The van der Waals surface area contributed by atoms with Crippen LogP contribution in [0.1, 0.15) is 5.56 Å². The maximum Gasteiger partial charge on any atom is 0.240 e. The highest BCUT2D eigenvalue weighted by Gasteiger charge is 2.29. The molecule has 1 atom stereocenters. The van der Waals surface area contributed by atoms with Crippen LogP contribution >= 0.6 is 11.6 Å². The lowest BCUT2D eigenvalue weighted by Gasteiger charge is -2.36. The number of phenolic OH excluding ortho intramolecular Hbond substituents is 1. The van der Waals surface area contributed by atoms with Gasteiger partial charge in [0.1, 0.15) is 11.8 Å².